The van der Waals surface area contributed by atoms with Crippen LogP contribution in [0.4, 0.5) is 0 Å². The number of methoxy groups -OCH3 is 1. The number of carbonyl (C=O) groups excluding carboxylic acids is 1. The normalized spacial score (nSPS) is 36.3. The minimum Gasteiger partial charge on any atom is -0.504 e. The fourth-order valence-corrected chi connectivity index (χ4v) is 6.10. The molecule has 0 amide bonds. The Morgan fingerprint density at radius 2 is 2.20 bits per heavy atom. The third-order valence-electron chi connectivity index (χ3n) is 7.34. The highest BCUT2D eigenvalue weighted by Crippen LogP contribution is 2.61. The SMILES string of the molecule is C=CC[C@@H]1C[C@H]2[C@@H]3CCc4cc(O)c(OC)cc4[C@H]3CC[C@]2(C)C1=O. The van der Waals surface area contributed by atoms with Crippen LogP contribution >= 0.6 is 0 Å². The number of phenols is 1. The third-order valence-corrected chi connectivity index (χ3v) is 7.34. The van der Waals surface area contributed by atoms with E-state index in [0.29, 0.717) is 29.3 Å². The minimum absolute atomic E-state index is 0.145. The smallest absolute Gasteiger partial charge is 0.160 e. The lowest BCUT2D eigenvalue weighted by Crippen LogP contribution is -2.42. The summed E-state index contributed by atoms with van der Waals surface area (Å²) in [6.45, 7) is 6.06. The molecule has 1 aromatic rings. The van der Waals surface area contributed by atoms with Crippen molar-refractivity contribution in [1.29, 1.82) is 0 Å². The predicted octanol–water partition coefficient (Wildman–Crippen LogP) is 4.63. The van der Waals surface area contributed by atoms with Crippen molar-refractivity contribution in [3.05, 3.63) is 35.9 Å². The van der Waals surface area contributed by atoms with E-state index in [2.05, 4.69) is 13.5 Å². The Kier molecular flexibility index (Phi) is 3.93. The monoisotopic (exact) mass is 340 g/mol. The van der Waals surface area contributed by atoms with Crippen LogP contribution in [0.3, 0.4) is 0 Å². The molecular formula is C22H28O3. The maximum atomic E-state index is 13.0. The summed E-state index contributed by atoms with van der Waals surface area (Å²) in [7, 11) is 1.61. The second-order valence-electron chi connectivity index (χ2n) is 8.42. The van der Waals surface area contributed by atoms with Crippen LogP contribution in [0.5, 0.6) is 11.5 Å². The van der Waals surface area contributed by atoms with Gasteiger partial charge in [-0.2, -0.15) is 0 Å². The lowest BCUT2D eigenvalue weighted by molar-refractivity contribution is -0.131. The molecule has 0 bridgehead atoms. The zero-order valence-corrected chi connectivity index (χ0v) is 15.3. The summed E-state index contributed by atoms with van der Waals surface area (Å²) in [4.78, 5) is 13.0. The molecule has 5 atom stereocenters. The average molecular weight is 340 g/mol. The van der Waals surface area contributed by atoms with E-state index in [4.69, 9.17) is 4.74 Å². The molecule has 0 radical (unpaired) electrons. The van der Waals surface area contributed by atoms with Crippen molar-refractivity contribution in [1.82, 2.24) is 0 Å². The van der Waals surface area contributed by atoms with Crippen molar-refractivity contribution in [3.63, 3.8) is 0 Å². The Labute approximate surface area is 150 Å². The standard InChI is InChI=1S/C22H28O3/c1-4-5-14-10-18-16-7-6-13-11-19(23)20(25-3)12-17(13)15(16)8-9-22(18,2)21(14)24/h4,11-12,14-16,18,23H,1,5-10H2,2-3H3/t14-,15+,16-,18+,22+/m1/s1. The lowest BCUT2D eigenvalue weighted by atomic mass is 9.55. The molecule has 0 unspecified atom stereocenters. The lowest BCUT2D eigenvalue weighted by Gasteiger charge is -2.48. The van der Waals surface area contributed by atoms with Crippen LogP contribution < -0.4 is 4.74 Å². The summed E-state index contributed by atoms with van der Waals surface area (Å²) < 4.78 is 5.35. The van der Waals surface area contributed by atoms with Crippen LogP contribution in [0.2, 0.25) is 0 Å². The van der Waals surface area contributed by atoms with Crippen LogP contribution in [0.15, 0.2) is 24.8 Å². The first-order chi connectivity index (χ1) is 12.0. The molecule has 0 heterocycles. The highest BCUT2D eigenvalue weighted by Gasteiger charge is 2.57. The number of hydrogen-bond acceptors (Lipinski definition) is 3. The van der Waals surface area contributed by atoms with Crippen molar-refractivity contribution in [2.24, 2.45) is 23.2 Å². The molecular weight excluding hydrogens is 312 g/mol. The van der Waals surface area contributed by atoms with Gasteiger partial charge in [-0.15, -0.1) is 6.58 Å². The molecule has 0 spiro atoms. The molecule has 1 N–H and O–H groups in total. The van der Waals surface area contributed by atoms with Gasteiger partial charge in [-0.25, -0.2) is 0 Å². The van der Waals surface area contributed by atoms with E-state index in [1.165, 1.54) is 11.1 Å². The average Bonchev–Trinajstić information content (AvgIpc) is 2.86. The number of aryl methyl sites for hydroxylation is 1. The van der Waals surface area contributed by atoms with Crippen molar-refractivity contribution in [2.75, 3.05) is 7.11 Å². The quantitative estimate of drug-likeness (QED) is 0.816. The zero-order valence-electron chi connectivity index (χ0n) is 15.3. The molecule has 3 nitrogen and oxygen atoms in total. The Morgan fingerprint density at radius 1 is 1.40 bits per heavy atom. The number of ether oxygens (including phenoxy) is 1. The van der Waals surface area contributed by atoms with Crippen molar-refractivity contribution in [3.8, 4) is 11.5 Å². The molecule has 0 saturated heterocycles. The topological polar surface area (TPSA) is 46.5 Å². The largest absolute Gasteiger partial charge is 0.504 e. The number of fused-ring (bicyclic) bond motifs is 5. The predicted molar refractivity (Wildman–Crippen MR) is 98.0 cm³/mol. The Bertz CT molecular complexity index is 722. The number of aromatic hydroxyl groups is 1. The second kappa shape index (κ2) is 5.89. The first-order valence-corrected chi connectivity index (χ1v) is 9.54. The third kappa shape index (κ3) is 2.35. The van der Waals surface area contributed by atoms with Crippen molar-refractivity contribution < 1.29 is 14.6 Å². The number of carbonyl (C=O) groups is 1. The summed E-state index contributed by atoms with van der Waals surface area (Å²) in [5, 5.41) is 10.1. The number of allylic oxidation sites excluding steroid dienone is 1. The van der Waals surface area contributed by atoms with E-state index in [1.54, 1.807) is 7.11 Å². The highest BCUT2D eigenvalue weighted by atomic mass is 16.5. The first kappa shape index (κ1) is 16.7. The molecule has 3 heteroatoms. The summed E-state index contributed by atoms with van der Waals surface area (Å²) in [5.74, 6) is 3.00. The number of rotatable bonds is 3. The number of ketones is 1. The Balaban J connectivity index is 1.70. The molecule has 0 aromatic heterocycles. The van der Waals surface area contributed by atoms with Gasteiger partial charge in [-0.1, -0.05) is 13.0 Å². The van der Waals surface area contributed by atoms with E-state index in [-0.39, 0.29) is 17.1 Å². The molecule has 1 aromatic carbocycles. The van der Waals surface area contributed by atoms with Gasteiger partial charge in [-0.3, -0.25) is 4.79 Å². The molecule has 2 fully saturated rings. The molecule has 25 heavy (non-hydrogen) atoms. The van der Waals surface area contributed by atoms with Gasteiger partial charge in [0.2, 0.25) is 0 Å². The van der Waals surface area contributed by atoms with E-state index in [9.17, 15) is 9.90 Å². The van der Waals surface area contributed by atoms with Gasteiger partial charge in [-0.05, 0) is 79.5 Å². The summed E-state index contributed by atoms with van der Waals surface area (Å²) in [6, 6.07) is 3.93. The maximum absolute atomic E-state index is 13.0. The van der Waals surface area contributed by atoms with Gasteiger partial charge in [0, 0.05) is 11.3 Å². The van der Waals surface area contributed by atoms with E-state index in [1.807, 2.05) is 18.2 Å². The molecule has 3 aliphatic carbocycles. The molecule has 134 valence electrons. The Morgan fingerprint density at radius 3 is 2.92 bits per heavy atom. The zero-order chi connectivity index (χ0) is 17.8. The molecule has 2 saturated carbocycles. The van der Waals surface area contributed by atoms with Crippen molar-refractivity contribution >= 4 is 5.78 Å². The van der Waals surface area contributed by atoms with Crippen molar-refractivity contribution in [2.45, 2.75) is 51.4 Å². The minimum atomic E-state index is -0.145. The van der Waals surface area contributed by atoms with E-state index < -0.39 is 0 Å². The first-order valence-electron chi connectivity index (χ1n) is 9.54. The summed E-state index contributed by atoms with van der Waals surface area (Å²) >= 11 is 0. The summed E-state index contributed by atoms with van der Waals surface area (Å²) in [5.41, 5.74) is 2.45. The van der Waals surface area contributed by atoms with E-state index in [0.717, 1.165) is 38.5 Å². The van der Waals surface area contributed by atoms with Gasteiger partial charge in [0.15, 0.2) is 11.5 Å². The fraction of sp³-hybridized carbons (Fsp3) is 0.591. The molecule has 4 rings (SSSR count). The summed E-state index contributed by atoms with van der Waals surface area (Å²) in [6.07, 6.45) is 7.90. The van der Waals surface area contributed by atoms with Crippen LogP contribution in [0.25, 0.3) is 0 Å². The fourth-order valence-electron chi connectivity index (χ4n) is 6.10. The van der Waals surface area contributed by atoms with Gasteiger partial charge in [0.05, 0.1) is 7.11 Å². The number of benzene rings is 1. The number of hydrogen-bond donors (Lipinski definition) is 1. The van der Waals surface area contributed by atoms with Gasteiger partial charge in [0.25, 0.3) is 0 Å². The molecule has 0 aliphatic heterocycles. The highest BCUT2D eigenvalue weighted by molar-refractivity contribution is 5.89. The van der Waals surface area contributed by atoms with Crippen LogP contribution in [0, 0.1) is 23.2 Å². The van der Waals surface area contributed by atoms with Crippen LogP contribution in [0.1, 0.15) is 56.1 Å². The van der Waals surface area contributed by atoms with Crippen LogP contribution in [-0.2, 0) is 11.2 Å². The number of phenolic OH excluding ortho intramolecular Hbond substituents is 1. The number of Topliss-reactive ketones (excluding diaryl/α,β-unsaturated/α-hetero) is 1. The molecule has 3 aliphatic rings. The van der Waals surface area contributed by atoms with Crippen LogP contribution in [-0.4, -0.2) is 18.0 Å². The Hall–Kier alpha value is -1.77. The van der Waals surface area contributed by atoms with Gasteiger partial charge in [0.1, 0.15) is 5.78 Å². The second-order valence-corrected chi connectivity index (χ2v) is 8.42. The maximum Gasteiger partial charge on any atom is 0.160 e. The van der Waals surface area contributed by atoms with E-state index >= 15 is 0 Å². The van der Waals surface area contributed by atoms with Gasteiger partial charge < -0.3 is 9.84 Å². The van der Waals surface area contributed by atoms with Gasteiger partial charge >= 0.3 is 0 Å².